The molecule has 14 heavy (non-hydrogen) atoms. The van der Waals surface area contributed by atoms with Gasteiger partial charge >= 0.3 is 0 Å². The molecule has 0 aliphatic heterocycles. The Labute approximate surface area is 95.5 Å². The minimum absolute atomic E-state index is 0. The third-order valence-electron chi connectivity index (χ3n) is 2.10. The molecule has 2 atom stereocenters. The van der Waals surface area contributed by atoms with Gasteiger partial charge in [-0.3, -0.25) is 0 Å². The lowest BCUT2D eigenvalue weighted by Crippen LogP contribution is -2.23. The van der Waals surface area contributed by atoms with Crippen molar-refractivity contribution in [2.24, 2.45) is 5.73 Å². The lowest BCUT2D eigenvalue weighted by molar-refractivity contribution is 0.164. The quantitative estimate of drug-likeness (QED) is 0.828. The van der Waals surface area contributed by atoms with E-state index in [0.717, 1.165) is 11.1 Å². The SMILES string of the molecule is Cc1ccc([C@H](N)[C@@H](C)O)cc1Cl.Cl. The highest BCUT2D eigenvalue weighted by Crippen LogP contribution is 2.21. The van der Waals surface area contributed by atoms with Crippen molar-refractivity contribution in [1.82, 2.24) is 0 Å². The topological polar surface area (TPSA) is 46.2 Å². The molecule has 0 bridgehead atoms. The van der Waals surface area contributed by atoms with E-state index in [1.165, 1.54) is 0 Å². The summed E-state index contributed by atoms with van der Waals surface area (Å²) < 4.78 is 0. The number of aryl methyl sites for hydroxylation is 1. The lowest BCUT2D eigenvalue weighted by atomic mass is 10.0. The van der Waals surface area contributed by atoms with Crippen LogP contribution < -0.4 is 5.73 Å². The Hall–Kier alpha value is -0.280. The number of nitrogens with two attached hydrogens (primary N) is 1. The van der Waals surface area contributed by atoms with Crippen LogP contribution in [0.25, 0.3) is 0 Å². The maximum absolute atomic E-state index is 9.27. The molecule has 0 saturated heterocycles. The Morgan fingerprint density at radius 2 is 2.00 bits per heavy atom. The third-order valence-corrected chi connectivity index (χ3v) is 2.51. The monoisotopic (exact) mass is 235 g/mol. The largest absolute Gasteiger partial charge is 0.391 e. The van der Waals surface area contributed by atoms with Crippen LogP contribution in [0.2, 0.25) is 5.02 Å². The van der Waals surface area contributed by atoms with E-state index in [0.29, 0.717) is 5.02 Å². The van der Waals surface area contributed by atoms with E-state index in [-0.39, 0.29) is 18.4 Å². The van der Waals surface area contributed by atoms with Crippen molar-refractivity contribution in [3.63, 3.8) is 0 Å². The molecule has 1 aromatic rings. The average molecular weight is 236 g/mol. The van der Waals surface area contributed by atoms with Gasteiger partial charge in [0.2, 0.25) is 0 Å². The van der Waals surface area contributed by atoms with Crippen LogP contribution in [0.1, 0.15) is 24.1 Å². The summed E-state index contributed by atoms with van der Waals surface area (Å²) in [5, 5.41) is 9.95. The maximum atomic E-state index is 9.27. The number of benzene rings is 1. The van der Waals surface area contributed by atoms with Crippen molar-refractivity contribution in [2.75, 3.05) is 0 Å². The predicted molar refractivity (Wildman–Crippen MR) is 62.0 cm³/mol. The van der Waals surface area contributed by atoms with Crippen molar-refractivity contribution < 1.29 is 5.11 Å². The maximum Gasteiger partial charge on any atom is 0.0704 e. The van der Waals surface area contributed by atoms with E-state index in [2.05, 4.69) is 0 Å². The average Bonchev–Trinajstić information content (AvgIpc) is 2.08. The van der Waals surface area contributed by atoms with Gasteiger partial charge in [-0.2, -0.15) is 0 Å². The molecule has 1 rings (SSSR count). The van der Waals surface area contributed by atoms with E-state index < -0.39 is 6.10 Å². The van der Waals surface area contributed by atoms with Crippen LogP contribution in [0.3, 0.4) is 0 Å². The predicted octanol–water partition coefficient (Wildman–Crippen LogP) is 2.45. The van der Waals surface area contributed by atoms with E-state index in [1.54, 1.807) is 13.0 Å². The van der Waals surface area contributed by atoms with Crippen LogP contribution in [-0.2, 0) is 0 Å². The molecule has 2 nitrogen and oxygen atoms in total. The first-order valence-corrected chi connectivity index (χ1v) is 4.60. The zero-order valence-corrected chi connectivity index (χ0v) is 9.77. The first-order chi connectivity index (χ1) is 6.02. The van der Waals surface area contributed by atoms with Crippen LogP contribution in [0.5, 0.6) is 0 Å². The number of aliphatic hydroxyl groups is 1. The van der Waals surface area contributed by atoms with Gasteiger partial charge in [0.25, 0.3) is 0 Å². The van der Waals surface area contributed by atoms with Gasteiger partial charge in [0.05, 0.1) is 12.1 Å². The molecule has 0 aromatic heterocycles. The fourth-order valence-corrected chi connectivity index (χ4v) is 1.28. The molecular weight excluding hydrogens is 221 g/mol. The van der Waals surface area contributed by atoms with Crippen LogP contribution >= 0.6 is 24.0 Å². The number of hydrogen-bond donors (Lipinski definition) is 2. The van der Waals surface area contributed by atoms with Crippen molar-refractivity contribution >= 4 is 24.0 Å². The van der Waals surface area contributed by atoms with Gasteiger partial charge < -0.3 is 10.8 Å². The smallest absolute Gasteiger partial charge is 0.0704 e. The highest BCUT2D eigenvalue weighted by Gasteiger charge is 2.12. The molecule has 0 radical (unpaired) electrons. The molecule has 0 fully saturated rings. The van der Waals surface area contributed by atoms with E-state index >= 15 is 0 Å². The molecule has 0 aliphatic rings. The molecular formula is C10H15Cl2NO. The summed E-state index contributed by atoms with van der Waals surface area (Å²) in [6.45, 7) is 3.60. The fraction of sp³-hybridized carbons (Fsp3) is 0.400. The first kappa shape index (κ1) is 13.7. The Morgan fingerprint density at radius 1 is 1.43 bits per heavy atom. The van der Waals surface area contributed by atoms with Crippen molar-refractivity contribution in [2.45, 2.75) is 26.0 Å². The van der Waals surface area contributed by atoms with E-state index in [1.807, 2.05) is 19.1 Å². The van der Waals surface area contributed by atoms with Gasteiger partial charge in [-0.15, -0.1) is 12.4 Å². The molecule has 80 valence electrons. The second kappa shape index (κ2) is 5.56. The normalized spacial score (nSPS) is 14.4. The Kier molecular flexibility index (Phi) is 5.45. The highest BCUT2D eigenvalue weighted by atomic mass is 35.5. The standard InChI is InChI=1S/C10H14ClNO.ClH/c1-6-3-4-8(5-9(6)11)10(12)7(2)13;/h3-5,7,10,13H,12H2,1-2H3;1H/t7-,10-;/m1./s1. The molecule has 0 spiro atoms. The Morgan fingerprint density at radius 3 is 2.43 bits per heavy atom. The van der Waals surface area contributed by atoms with Crippen LogP contribution in [0.15, 0.2) is 18.2 Å². The number of hydrogen-bond acceptors (Lipinski definition) is 2. The van der Waals surface area contributed by atoms with Gasteiger partial charge in [0.15, 0.2) is 0 Å². The second-order valence-corrected chi connectivity index (χ2v) is 3.68. The Balaban J connectivity index is 0.00000169. The third kappa shape index (κ3) is 3.14. The summed E-state index contributed by atoms with van der Waals surface area (Å²) in [6.07, 6.45) is -0.557. The second-order valence-electron chi connectivity index (χ2n) is 3.28. The van der Waals surface area contributed by atoms with Gasteiger partial charge in [-0.05, 0) is 31.0 Å². The molecule has 1 aromatic carbocycles. The van der Waals surface area contributed by atoms with Crippen molar-refractivity contribution in [3.05, 3.63) is 34.3 Å². The minimum atomic E-state index is -0.557. The van der Waals surface area contributed by atoms with Gasteiger partial charge in [0, 0.05) is 5.02 Å². The summed E-state index contributed by atoms with van der Waals surface area (Å²) in [6, 6.07) is 5.23. The highest BCUT2D eigenvalue weighted by molar-refractivity contribution is 6.31. The lowest BCUT2D eigenvalue weighted by Gasteiger charge is -2.15. The van der Waals surface area contributed by atoms with E-state index in [9.17, 15) is 5.11 Å². The van der Waals surface area contributed by atoms with Crippen LogP contribution in [0, 0.1) is 6.92 Å². The zero-order chi connectivity index (χ0) is 10.0. The molecule has 0 amide bonds. The summed E-state index contributed by atoms with van der Waals surface area (Å²) in [4.78, 5) is 0. The minimum Gasteiger partial charge on any atom is -0.391 e. The fourth-order valence-electron chi connectivity index (χ4n) is 1.09. The summed E-state index contributed by atoms with van der Waals surface area (Å²) in [5.74, 6) is 0. The summed E-state index contributed by atoms with van der Waals surface area (Å²) in [7, 11) is 0. The van der Waals surface area contributed by atoms with Crippen molar-refractivity contribution in [3.8, 4) is 0 Å². The molecule has 0 aliphatic carbocycles. The molecule has 0 saturated carbocycles. The zero-order valence-electron chi connectivity index (χ0n) is 8.20. The molecule has 0 heterocycles. The van der Waals surface area contributed by atoms with Gasteiger partial charge in [-0.25, -0.2) is 0 Å². The number of aliphatic hydroxyl groups excluding tert-OH is 1. The van der Waals surface area contributed by atoms with E-state index in [4.69, 9.17) is 17.3 Å². The van der Waals surface area contributed by atoms with Crippen LogP contribution in [0.4, 0.5) is 0 Å². The number of halogens is 2. The first-order valence-electron chi connectivity index (χ1n) is 4.22. The van der Waals surface area contributed by atoms with Gasteiger partial charge in [-0.1, -0.05) is 23.7 Å². The Bertz CT molecular complexity index is 302. The number of rotatable bonds is 2. The molecule has 0 unspecified atom stereocenters. The summed E-state index contributed by atoms with van der Waals surface area (Å²) >= 11 is 5.93. The molecule has 4 heteroatoms. The summed E-state index contributed by atoms with van der Waals surface area (Å²) in [5.41, 5.74) is 7.63. The van der Waals surface area contributed by atoms with Crippen molar-refractivity contribution in [1.29, 1.82) is 0 Å². The van der Waals surface area contributed by atoms with Crippen LogP contribution in [-0.4, -0.2) is 11.2 Å². The van der Waals surface area contributed by atoms with Gasteiger partial charge in [0.1, 0.15) is 0 Å². The molecule has 3 N–H and O–H groups in total.